The molecule has 1 aliphatic heterocycles. The molecule has 0 spiro atoms. The summed E-state index contributed by atoms with van der Waals surface area (Å²) < 4.78 is 24.7. The largest absolute Gasteiger partial charge is 0.316 e. The Hall–Kier alpha value is -0.130. The molecule has 1 saturated heterocycles. The van der Waals surface area contributed by atoms with Crippen LogP contribution in [0.25, 0.3) is 0 Å². The average molecular weight is 206 g/mol. The summed E-state index contributed by atoms with van der Waals surface area (Å²) in [5.41, 5.74) is 0. The predicted molar refractivity (Wildman–Crippen MR) is 53.1 cm³/mol. The summed E-state index contributed by atoms with van der Waals surface area (Å²) >= 11 is 0. The predicted octanol–water partition coefficient (Wildman–Crippen LogP) is -0.0747. The Balaban J connectivity index is 2.13. The second-order valence-electron chi connectivity index (χ2n) is 3.45. The highest BCUT2D eigenvalue weighted by molar-refractivity contribution is 7.89. The van der Waals surface area contributed by atoms with Crippen molar-refractivity contribution in [1.82, 2.24) is 10.0 Å². The molecule has 0 radical (unpaired) electrons. The summed E-state index contributed by atoms with van der Waals surface area (Å²) in [6.45, 7) is 4.35. The van der Waals surface area contributed by atoms with Gasteiger partial charge in [0, 0.05) is 6.54 Å². The summed E-state index contributed by atoms with van der Waals surface area (Å²) in [5, 5.41) is 3.26. The molecule has 2 N–H and O–H groups in total. The van der Waals surface area contributed by atoms with Crippen molar-refractivity contribution in [2.24, 2.45) is 5.92 Å². The van der Waals surface area contributed by atoms with Crippen LogP contribution in [0.1, 0.15) is 19.8 Å². The van der Waals surface area contributed by atoms with E-state index in [1.807, 2.05) is 0 Å². The van der Waals surface area contributed by atoms with Crippen LogP contribution in [0, 0.1) is 5.92 Å². The fourth-order valence-electron chi connectivity index (χ4n) is 1.48. The highest BCUT2D eigenvalue weighted by Crippen LogP contribution is 2.10. The fraction of sp³-hybridized carbons (Fsp3) is 1.00. The lowest BCUT2D eigenvalue weighted by Gasteiger charge is -2.08. The Morgan fingerprint density at radius 3 is 2.85 bits per heavy atom. The lowest BCUT2D eigenvalue weighted by Crippen LogP contribution is -2.27. The first-order valence-corrected chi connectivity index (χ1v) is 6.47. The third kappa shape index (κ3) is 4.06. The van der Waals surface area contributed by atoms with Gasteiger partial charge in [0.25, 0.3) is 0 Å². The molecular weight excluding hydrogens is 188 g/mol. The van der Waals surface area contributed by atoms with E-state index < -0.39 is 10.0 Å². The molecule has 1 fully saturated rings. The first-order valence-electron chi connectivity index (χ1n) is 4.82. The van der Waals surface area contributed by atoms with Gasteiger partial charge in [-0.25, -0.2) is 13.1 Å². The molecule has 1 unspecified atom stereocenters. The minimum atomic E-state index is -2.98. The van der Waals surface area contributed by atoms with Crippen molar-refractivity contribution in [3.8, 4) is 0 Å². The summed E-state index contributed by atoms with van der Waals surface area (Å²) in [6, 6.07) is 0. The summed E-state index contributed by atoms with van der Waals surface area (Å²) in [6.07, 6.45) is 2.13. The zero-order valence-electron chi connectivity index (χ0n) is 8.04. The highest BCUT2D eigenvalue weighted by Gasteiger charge is 2.14. The van der Waals surface area contributed by atoms with Crippen LogP contribution in [-0.2, 0) is 10.0 Å². The molecule has 0 aromatic carbocycles. The Bertz CT molecular complexity index is 233. The van der Waals surface area contributed by atoms with Gasteiger partial charge in [-0.2, -0.15) is 0 Å². The maximum Gasteiger partial charge on any atom is 0.211 e. The van der Waals surface area contributed by atoms with E-state index in [2.05, 4.69) is 10.0 Å². The highest BCUT2D eigenvalue weighted by atomic mass is 32.2. The van der Waals surface area contributed by atoms with E-state index in [0.29, 0.717) is 12.5 Å². The molecule has 0 bridgehead atoms. The molecule has 1 atom stereocenters. The van der Waals surface area contributed by atoms with Crippen LogP contribution in [0.4, 0.5) is 0 Å². The number of hydrogen-bond donors (Lipinski definition) is 2. The van der Waals surface area contributed by atoms with Crippen LogP contribution < -0.4 is 10.0 Å². The van der Waals surface area contributed by atoms with E-state index in [9.17, 15) is 8.42 Å². The Labute approximate surface area is 80.1 Å². The van der Waals surface area contributed by atoms with E-state index in [-0.39, 0.29) is 5.75 Å². The molecule has 0 aromatic rings. The monoisotopic (exact) mass is 206 g/mol. The van der Waals surface area contributed by atoms with Gasteiger partial charge in [-0.3, -0.25) is 0 Å². The molecule has 0 saturated carbocycles. The minimum absolute atomic E-state index is 0.177. The summed E-state index contributed by atoms with van der Waals surface area (Å²) in [5.74, 6) is 0.829. The van der Waals surface area contributed by atoms with Crippen LogP contribution in [0.5, 0.6) is 0 Å². The molecule has 0 amide bonds. The number of nitrogens with one attached hydrogen (secondary N) is 2. The number of hydrogen-bond acceptors (Lipinski definition) is 3. The van der Waals surface area contributed by atoms with Crippen LogP contribution >= 0.6 is 0 Å². The molecule has 1 aliphatic rings. The van der Waals surface area contributed by atoms with Gasteiger partial charge >= 0.3 is 0 Å². The minimum Gasteiger partial charge on any atom is -0.316 e. The maximum absolute atomic E-state index is 11.0. The van der Waals surface area contributed by atoms with E-state index in [1.165, 1.54) is 6.42 Å². The molecule has 13 heavy (non-hydrogen) atoms. The van der Waals surface area contributed by atoms with Gasteiger partial charge in [-0.05, 0) is 38.8 Å². The van der Waals surface area contributed by atoms with Crippen LogP contribution in [0.2, 0.25) is 0 Å². The summed E-state index contributed by atoms with van der Waals surface area (Å²) in [4.78, 5) is 0. The maximum atomic E-state index is 11.0. The van der Waals surface area contributed by atoms with E-state index >= 15 is 0 Å². The van der Waals surface area contributed by atoms with Crippen molar-refractivity contribution in [2.75, 3.05) is 25.4 Å². The first kappa shape index (κ1) is 10.9. The van der Waals surface area contributed by atoms with Crippen LogP contribution in [0.3, 0.4) is 0 Å². The van der Waals surface area contributed by atoms with E-state index in [1.54, 1.807) is 6.92 Å². The molecule has 4 nitrogen and oxygen atoms in total. The average Bonchev–Trinajstić information content (AvgIpc) is 2.57. The normalized spacial score (nSPS) is 23.6. The third-order valence-electron chi connectivity index (χ3n) is 2.42. The SMILES string of the molecule is CCS(=O)(=O)NCCC1CCNC1. The molecule has 0 aliphatic carbocycles. The molecule has 0 aromatic heterocycles. The van der Waals surface area contributed by atoms with Crippen molar-refractivity contribution in [2.45, 2.75) is 19.8 Å². The Morgan fingerprint density at radius 2 is 2.31 bits per heavy atom. The zero-order chi connectivity index (χ0) is 9.73. The molecule has 1 heterocycles. The molecule has 5 heteroatoms. The second-order valence-corrected chi connectivity index (χ2v) is 5.54. The van der Waals surface area contributed by atoms with E-state index in [0.717, 1.165) is 19.5 Å². The van der Waals surface area contributed by atoms with Crippen molar-refractivity contribution < 1.29 is 8.42 Å². The molecule has 78 valence electrons. The van der Waals surface area contributed by atoms with Gasteiger partial charge in [-0.15, -0.1) is 0 Å². The van der Waals surface area contributed by atoms with Crippen LogP contribution in [-0.4, -0.2) is 33.8 Å². The Morgan fingerprint density at radius 1 is 1.54 bits per heavy atom. The smallest absolute Gasteiger partial charge is 0.211 e. The fourth-order valence-corrected chi connectivity index (χ4v) is 2.11. The van der Waals surface area contributed by atoms with E-state index in [4.69, 9.17) is 0 Å². The van der Waals surface area contributed by atoms with Crippen molar-refractivity contribution in [1.29, 1.82) is 0 Å². The van der Waals surface area contributed by atoms with Crippen molar-refractivity contribution in [3.63, 3.8) is 0 Å². The van der Waals surface area contributed by atoms with Crippen molar-refractivity contribution in [3.05, 3.63) is 0 Å². The first-order chi connectivity index (χ1) is 6.14. The lowest BCUT2D eigenvalue weighted by atomic mass is 10.1. The number of rotatable bonds is 5. The van der Waals surface area contributed by atoms with Gasteiger partial charge in [0.15, 0.2) is 0 Å². The Kier molecular flexibility index (Phi) is 4.15. The summed E-state index contributed by atoms with van der Waals surface area (Å²) in [7, 11) is -2.98. The van der Waals surface area contributed by atoms with Gasteiger partial charge in [0.05, 0.1) is 5.75 Å². The molecule has 1 rings (SSSR count). The standard InChI is InChI=1S/C8H18N2O2S/c1-2-13(11,12)10-6-4-8-3-5-9-7-8/h8-10H,2-7H2,1H3. The zero-order valence-corrected chi connectivity index (χ0v) is 8.86. The third-order valence-corrected chi connectivity index (χ3v) is 3.82. The quantitative estimate of drug-likeness (QED) is 0.662. The number of sulfonamides is 1. The molecular formula is C8H18N2O2S. The van der Waals surface area contributed by atoms with Gasteiger partial charge in [0.2, 0.25) is 10.0 Å². The van der Waals surface area contributed by atoms with Crippen molar-refractivity contribution >= 4 is 10.0 Å². The second kappa shape index (κ2) is 4.93. The van der Waals surface area contributed by atoms with Gasteiger partial charge in [0.1, 0.15) is 0 Å². The van der Waals surface area contributed by atoms with Crippen LogP contribution in [0.15, 0.2) is 0 Å². The van der Waals surface area contributed by atoms with Gasteiger partial charge in [-0.1, -0.05) is 0 Å². The lowest BCUT2D eigenvalue weighted by molar-refractivity contribution is 0.519. The van der Waals surface area contributed by atoms with Gasteiger partial charge < -0.3 is 5.32 Å². The topological polar surface area (TPSA) is 58.2 Å².